The summed E-state index contributed by atoms with van der Waals surface area (Å²) in [6, 6.07) is 28.0. The van der Waals surface area contributed by atoms with Crippen LogP contribution in [0.15, 0.2) is 84.9 Å². The molecule has 0 spiro atoms. The van der Waals surface area contributed by atoms with Crippen molar-refractivity contribution in [2.24, 2.45) is 0 Å². The van der Waals surface area contributed by atoms with Gasteiger partial charge in [0.05, 0.1) is 0 Å². The van der Waals surface area contributed by atoms with E-state index >= 15 is 0 Å². The van der Waals surface area contributed by atoms with Gasteiger partial charge in [0, 0.05) is 23.1 Å². The van der Waals surface area contributed by atoms with Crippen molar-refractivity contribution in [1.29, 1.82) is 0 Å². The Labute approximate surface area is 149 Å². The van der Waals surface area contributed by atoms with E-state index in [1.807, 2.05) is 85.8 Å². The molecule has 0 atom stereocenters. The minimum atomic E-state index is -0.957. The van der Waals surface area contributed by atoms with Crippen molar-refractivity contribution in [3.8, 4) is 0 Å². The number of hydrogen-bond acceptors (Lipinski definition) is 2. The van der Waals surface area contributed by atoms with Crippen LogP contribution in [0.5, 0.6) is 0 Å². The normalized spacial score (nSPS) is 11.1. The van der Waals surface area contributed by atoms with Gasteiger partial charge in [-0.1, -0.05) is 91.9 Å². The maximum Gasteiger partial charge on any atom is 0.307 e. The van der Waals surface area contributed by atoms with Gasteiger partial charge in [0.15, 0.2) is 5.60 Å². The highest BCUT2D eigenvalue weighted by atomic mass is 16.6. The van der Waals surface area contributed by atoms with Gasteiger partial charge >= 0.3 is 5.97 Å². The maximum absolute atomic E-state index is 12.4. The lowest BCUT2D eigenvalue weighted by atomic mass is 9.78. The van der Waals surface area contributed by atoms with Crippen molar-refractivity contribution in [3.05, 3.63) is 107 Å². The molecule has 25 heavy (non-hydrogen) atoms. The summed E-state index contributed by atoms with van der Waals surface area (Å²) in [5, 5.41) is 0. The molecule has 0 aliphatic carbocycles. The molecule has 0 aromatic heterocycles. The Hall–Kier alpha value is -2.87. The van der Waals surface area contributed by atoms with E-state index in [1.54, 1.807) is 0 Å². The lowest BCUT2D eigenvalue weighted by Crippen LogP contribution is -2.35. The first-order valence-electron chi connectivity index (χ1n) is 8.57. The average Bonchev–Trinajstić information content (AvgIpc) is 2.68. The van der Waals surface area contributed by atoms with Gasteiger partial charge in [-0.2, -0.15) is 0 Å². The first-order valence-corrected chi connectivity index (χ1v) is 8.57. The predicted octanol–water partition coefficient (Wildman–Crippen LogP) is 5.24. The molecule has 0 fully saturated rings. The minimum absolute atomic E-state index is 0.226. The monoisotopic (exact) mass is 330 g/mol. The Morgan fingerprint density at radius 1 is 0.800 bits per heavy atom. The summed E-state index contributed by atoms with van der Waals surface area (Å²) < 4.78 is 6.19. The summed E-state index contributed by atoms with van der Waals surface area (Å²) in [7, 11) is 0. The van der Waals surface area contributed by atoms with Crippen LogP contribution in [0.2, 0.25) is 0 Å². The Bertz CT molecular complexity index is 799. The summed E-state index contributed by atoms with van der Waals surface area (Å²) in [6.07, 6.45) is 0.327. The molecule has 0 aliphatic rings. The summed E-state index contributed by atoms with van der Waals surface area (Å²) in [5.74, 6) is -0.226. The Balaban J connectivity index is 2.35. The van der Waals surface area contributed by atoms with Crippen LogP contribution in [0.3, 0.4) is 0 Å². The van der Waals surface area contributed by atoms with Gasteiger partial charge in [-0.25, -0.2) is 0 Å². The zero-order valence-corrected chi connectivity index (χ0v) is 14.6. The number of aryl methyl sites for hydroxylation is 1. The molecule has 0 unspecified atom stereocenters. The van der Waals surface area contributed by atoms with E-state index in [0.717, 1.165) is 22.3 Å². The van der Waals surface area contributed by atoms with Crippen LogP contribution in [-0.4, -0.2) is 5.97 Å². The van der Waals surface area contributed by atoms with Gasteiger partial charge in [-0.05, 0) is 12.5 Å². The first-order chi connectivity index (χ1) is 12.2. The van der Waals surface area contributed by atoms with E-state index in [-0.39, 0.29) is 5.97 Å². The lowest BCUT2D eigenvalue weighted by Gasteiger charge is -2.36. The number of esters is 1. The SMILES string of the molecule is CCC(=O)OC(c1ccccc1)(c1ccccc1)c1ccccc1C. The molecule has 2 heteroatoms. The number of benzene rings is 3. The maximum atomic E-state index is 12.4. The van der Waals surface area contributed by atoms with Crippen molar-refractivity contribution in [1.82, 2.24) is 0 Å². The molecule has 0 saturated heterocycles. The van der Waals surface area contributed by atoms with E-state index in [1.165, 1.54) is 0 Å². The van der Waals surface area contributed by atoms with Crippen LogP contribution in [0.1, 0.15) is 35.6 Å². The van der Waals surface area contributed by atoms with Crippen molar-refractivity contribution >= 4 is 5.97 Å². The standard InChI is InChI=1S/C23H22O2/c1-3-22(24)25-23(19-13-6-4-7-14-19,20-15-8-5-9-16-20)21-17-11-10-12-18(21)2/h4-17H,3H2,1-2H3. The van der Waals surface area contributed by atoms with E-state index < -0.39 is 5.60 Å². The van der Waals surface area contributed by atoms with E-state index in [4.69, 9.17) is 4.74 Å². The molecule has 2 nitrogen and oxygen atoms in total. The summed E-state index contributed by atoms with van der Waals surface area (Å²) in [4.78, 5) is 12.4. The third kappa shape index (κ3) is 3.20. The second-order valence-electron chi connectivity index (χ2n) is 6.06. The number of hydrogen-bond donors (Lipinski definition) is 0. The van der Waals surface area contributed by atoms with Gasteiger partial charge in [0.2, 0.25) is 0 Å². The minimum Gasteiger partial charge on any atom is -0.444 e. The number of ether oxygens (including phenoxy) is 1. The van der Waals surface area contributed by atoms with Crippen LogP contribution in [-0.2, 0) is 15.1 Å². The molecule has 126 valence electrons. The second kappa shape index (κ2) is 7.35. The number of carbonyl (C=O) groups excluding carboxylic acids is 1. The van der Waals surface area contributed by atoms with Gasteiger partial charge in [0.25, 0.3) is 0 Å². The fourth-order valence-electron chi connectivity index (χ4n) is 3.21. The molecular weight excluding hydrogens is 308 g/mol. The van der Waals surface area contributed by atoms with Crippen LogP contribution < -0.4 is 0 Å². The van der Waals surface area contributed by atoms with Gasteiger partial charge in [-0.15, -0.1) is 0 Å². The average molecular weight is 330 g/mol. The highest BCUT2D eigenvalue weighted by Gasteiger charge is 2.41. The Morgan fingerprint density at radius 3 is 1.76 bits per heavy atom. The van der Waals surface area contributed by atoms with Crippen molar-refractivity contribution in [3.63, 3.8) is 0 Å². The Morgan fingerprint density at radius 2 is 1.28 bits per heavy atom. The zero-order valence-electron chi connectivity index (χ0n) is 14.6. The molecule has 0 radical (unpaired) electrons. The van der Waals surface area contributed by atoms with Crippen molar-refractivity contribution < 1.29 is 9.53 Å². The molecular formula is C23H22O2. The van der Waals surface area contributed by atoms with Crippen molar-refractivity contribution in [2.75, 3.05) is 0 Å². The third-order valence-corrected chi connectivity index (χ3v) is 4.44. The van der Waals surface area contributed by atoms with Gasteiger partial charge < -0.3 is 4.74 Å². The van der Waals surface area contributed by atoms with Crippen LogP contribution in [0.4, 0.5) is 0 Å². The number of rotatable bonds is 5. The third-order valence-electron chi connectivity index (χ3n) is 4.44. The van der Waals surface area contributed by atoms with Crippen molar-refractivity contribution in [2.45, 2.75) is 25.9 Å². The smallest absolute Gasteiger partial charge is 0.307 e. The number of carbonyl (C=O) groups is 1. The zero-order chi connectivity index (χ0) is 17.7. The molecule has 0 saturated carbocycles. The topological polar surface area (TPSA) is 26.3 Å². The van der Waals surface area contributed by atoms with E-state index in [9.17, 15) is 4.79 Å². The molecule has 0 N–H and O–H groups in total. The highest BCUT2D eigenvalue weighted by Crippen LogP contribution is 2.42. The summed E-state index contributed by atoms with van der Waals surface area (Å²) in [5.41, 5.74) is 2.99. The Kier molecular flexibility index (Phi) is 4.99. The van der Waals surface area contributed by atoms with E-state index in [0.29, 0.717) is 6.42 Å². The molecule has 0 bridgehead atoms. The van der Waals surface area contributed by atoms with Crippen LogP contribution in [0, 0.1) is 6.92 Å². The molecule has 3 aromatic carbocycles. The predicted molar refractivity (Wildman–Crippen MR) is 100 cm³/mol. The first kappa shape index (κ1) is 17.0. The lowest BCUT2D eigenvalue weighted by molar-refractivity contribution is -0.153. The molecule has 0 heterocycles. The van der Waals surface area contributed by atoms with Crippen LogP contribution >= 0.6 is 0 Å². The van der Waals surface area contributed by atoms with Gasteiger partial charge in [-0.3, -0.25) is 4.79 Å². The highest BCUT2D eigenvalue weighted by molar-refractivity contribution is 5.71. The largest absolute Gasteiger partial charge is 0.444 e. The fraction of sp³-hybridized carbons (Fsp3) is 0.174. The fourth-order valence-corrected chi connectivity index (χ4v) is 3.21. The molecule has 3 rings (SSSR count). The molecule has 3 aromatic rings. The van der Waals surface area contributed by atoms with Crippen LogP contribution in [0.25, 0.3) is 0 Å². The second-order valence-corrected chi connectivity index (χ2v) is 6.06. The molecule has 0 amide bonds. The van der Waals surface area contributed by atoms with Gasteiger partial charge in [0.1, 0.15) is 0 Å². The summed E-state index contributed by atoms with van der Waals surface area (Å²) in [6.45, 7) is 3.87. The quantitative estimate of drug-likeness (QED) is 0.472. The van der Waals surface area contributed by atoms with E-state index in [2.05, 4.69) is 13.0 Å². The molecule has 0 aliphatic heterocycles. The summed E-state index contributed by atoms with van der Waals surface area (Å²) >= 11 is 0.